The van der Waals surface area contributed by atoms with Crippen LogP contribution < -0.4 is 21.8 Å². The molecule has 6 heteroatoms. The smallest absolute Gasteiger partial charge is 0.339 e. The van der Waals surface area contributed by atoms with Gasteiger partial charge in [-0.15, -0.1) is 0 Å². The van der Waals surface area contributed by atoms with Crippen molar-refractivity contribution in [1.29, 1.82) is 0 Å². The molecule has 2 aromatic rings. The molecule has 0 radical (unpaired) electrons. The van der Waals surface area contributed by atoms with Gasteiger partial charge in [0.1, 0.15) is 16.8 Å². The lowest BCUT2D eigenvalue weighted by atomic mass is 9.89. The SMILES string of the molecule is CC(C)C1C=c2c(oc3nc(N)c(C(=O)O)cc3c2=O)=CC1. The minimum Gasteiger partial charge on any atom is -0.478 e. The van der Waals surface area contributed by atoms with Gasteiger partial charge in [-0.3, -0.25) is 4.79 Å². The van der Waals surface area contributed by atoms with E-state index in [2.05, 4.69) is 18.8 Å². The number of carbonyl (C=O) groups is 1. The molecule has 1 aliphatic rings. The van der Waals surface area contributed by atoms with Crippen LogP contribution in [0.4, 0.5) is 5.82 Å². The third-order valence-corrected chi connectivity index (χ3v) is 4.02. The zero-order valence-corrected chi connectivity index (χ0v) is 12.3. The van der Waals surface area contributed by atoms with Crippen LogP contribution in [0, 0.1) is 11.8 Å². The van der Waals surface area contributed by atoms with Crippen molar-refractivity contribution in [2.24, 2.45) is 11.8 Å². The van der Waals surface area contributed by atoms with Crippen molar-refractivity contribution in [3.05, 3.63) is 32.5 Å². The molecule has 0 saturated carbocycles. The first-order valence-electron chi connectivity index (χ1n) is 7.07. The number of nitrogen functional groups attached to an aromatic ring is 1. The largest absolute Gasteiger partial charge is 0.478 e. The van der Waals surface area contributed by atoms with Crippen molar-refractivity contribution in [2.45, 2.75) is 20.3 Å². The highest BCUT2D eigenvalue weighted by molar-refractivity contribution is 5.96. The highest BCUT2D eigenvalue weighted by Gasteiger charge is 2.18. The van der Waals surface area contributed by atoms with Crippen LogP contribution in [0.5, 0.6) is 0 Å². The molecule has 0 saturated heterocycles. The van der Waals surface area contributed by atoms with Crippen molar-refractivity contribution in [1.82, 2.24) is 4.98 Å². The van der Waals surface area contributed by atoms with E-state index in [-0.39, 0.29) is 33.8 Å². The maximum Gasteiger partial charge on any atom is 0.339 e. The van der Waals surface area contributed by atoms with Crippen LogP contribution in [0.3, 0.4) is 0 Å². The second kappa shape index (κ2) is 4.98. The molecule has 1 aliphatic carbocycles. The summed E-state index contributed by atoms with van der Waals surface area (Å²) in [6, 6.07) is 1.24. The van der Waals surface area contributed by atoms with Gasteiger partial charge in [-0.25, -0.2) is 4.79 Å². The van der Waals surface area contributed by atoms with Gasteiger partial charge in [0, 0.05) is 0 Å². The molecule has 0 bridgehead atoms. The van der Waals surface area contributed by atoms with Gasteiger partial charge in [-0.05, 0) is 30.4 Å². The van der Waals surface area contributed by atoms with Gasteiger partial charge in [-0.1, -0.05) is 19.9 Å². The lowest BCUT2D eigenvalue weighted by Gasteiger charge is -2.17. The van der Waals surface area contributed by atoms with Crippen LogP contribution in [0.25, 0.3) is 23.3 Å². The molecule has 3 rings (SSSR count). The molecular weight excluding hydrogens is 284 g/mol. The number of fused-ring (bicyclic) bond motifs is 2. The predicted molar refractivity (Wildman–Crippen MR) is 82.8 cm³/mol. The Bertz CT molecular complexity index is 957. The number of hydrogen-bond acceptors (Lipinski definition) is 5. The minimum atomic E-state index is -1.22. The Balaban J connectivity index is 2.39. The van der Waals surface area contributed by atoms with E-state index in [0.29, 0.717) is 16.6 Å². The maximum atomic E-state index is 12.6. The van der Waals surface area contributed by atoms with Gasteiger partial charge in [-0.2, -0.15) is 4.98 Å². The maximum absolute atomic E-state index is 12.6. The van der Waals surface area contributed by atoms with Gasteiger partial charge in [0.05, 0.1) is 10.6 Å². The quantitative estimate of drug-likeness (QED) is 0.845. The van der Waals surface area contributed by atoms with Crippen molar-refractivity contribution < 1.29 is 14.3 Å². The molecule has 0 fully saturated rings. The van der Waals surface area contributed by atoms with E-state index in [0.717, 1.165) is 6.42 Å². The molecule has 0 aromatic carbocycles. The average Bonchev–Trinajstić information content (AvgIpc) is 2.46. The van der Waals surface area contributed by atoms with Crippen molar-refractivity contribution in [2.75, 3.05) is 5.73 Å². The molecule has 22 heavy (non-hydrogen) atoms. The van der Waals surface area contributed by atoms with E-state index in [1.807, 2.05) is 12.2 Å². The number of hydrogen-bond donors (Lipinski definition) is 2. The first-order valence-corrected chi connectivity index (χ1v) is 7.07. The van der Waals surface area contributed by atoms with E-state index in [4.69, 9.17) is 15.3 Å². The van der Waals surface area contributed by atoms with Crippen LogP contribution in [-0.2, 0) is 0 Å². The molecule has 3 N–H and O–H groups in total. The lowest BCUT2D eigenvalue weighted by Crippen LogP contribution is -2.42. The Morgan fingerprint density at radius 2 is 2.23 bits per heavy atom. The third kappa shape index (κ3) is 2.16. The summed E-state index contributed by atoms with van der Waals surface area (Å²) in [7, 11) is 0. The van der Waals surface area contributed by atoms with Crippen LogP contribution in [0.1, 0.15) is 30.6 Å². The van der Waals surface area contributed by atoms with E-state index in [9.17, 15) is 9.59 Å². The van der Waals surface area contributed by atoms with Crippen LogP contribution in [-0.4, -0.2) is 16.1 Å². The molecule has 1 unspecified atom stereocenters. The number of nitrogens with two attached hydrogens (primary N) is 1. The van der Waals surface area contributed by atoms with Gasteiger partial charge in [0.25, 0.3) is 0 Å². The zero-order valence-electron chi connectivity index (χ0n) is 12.3. The van der Waals surface area contributed by atoms with Crippen molar-refractivity contribution in [3.63, 3.8) is 0 Å². The number of anilines is 1. The number of aromatic carboxylic acids is 1. The molecule has 6 nitrogen and oxygen atoms in total. The fourth-order valence-electron chi connectivity index (χ4n) is 2.64. The van der Waals surface area contributed by atoms with Crippen LogP contribution in [0.2, 0.25) is 0 Å². The summed E-state index contributed by atoms with van der Waals surface area (Å²) in [5.41, 5.74) is 5.68. The van der Waals surface area contributed by atoms with Crippen LogP contribution in [0.15, 0.2) is 15.3 Å². The van der Waals surface area contributed by atoms with Crippen molar-refractivity contribution >= 4 is 35.0 Å². The highest BCUT2D eigenvalue weighted by atomic mass is 16.4. The molecular formula is C16H16N2O4. The lowest BCUT2D eigenvalue weighted by molar-refractivity contribution is 0.0698. The van der Waals surface area contributed by atoms with E-state index >= 15 is 0 Å². The number of nitrogens with zero attached hydrogens (tertiary/aromatic N) is 1. The summed E-state index contributed by atoms with van der Waals surface area (Å²) in [5, 5.41) is 9.71. The summed E-state index contributed by atoms with van der Waals surface area (Å²) in [5.74, 6) is -0.727. The topological polar surface area (TPSA) is 106 Å². The Hall–Kier alpha value is -2.63. The second-order valence-corrected chi connectivity index (χ2v) is 5.80. The Kier molecular flexibility index (Phi) is 3.24. The van der Waals surface area contributed by atoms with Crippen molar-refractivity contribution in [3.8, 4) is 0 Å². The fourth-order valence-corrected chi connectivity index (χ4v) is 2.64. The number of aromatic nitrogens is 1. The first-order chi connectivity index (χ1) is 10.4. The molecule has 1 atom stereocenters. The second-order valence-electron chi connectivity index (χ2n) is 5.80. The molecule has 114 valence electrons. The molecule has 2 aromatic heterocycles. The standard InChI is InChI=1S/C16H16N2O4/c1-7(2)8-3-4-12-9(5-8)13(19)10-6-11(16(20)21)14(17)18-15(10)22-12/h4-8H,3H2,1-2H3,(H2,17,18)(H,20,21). The molecule has 2 heterocycles. The molecule has 0 spiro atoms. The molecule has 0 amide bonds. The van der Waals surface area contributed by atoms with Gasteiger partial charge in [0.2, 0.25) is 11.1 Å². The number of rotatable bonds is 2. The fraction of sp³-hybridized carbons (Fsp3) is 0.312. The number of carboxylic acid groups (broad SMARTS) is 1. The van der Waals surface area contributed by atoms with E-state index in [1.165, 1.54) is 6.07 Å². The van der Waals surface area contributed by atoms with E-state index in [1.54, 1.807) is 0 Å². The third-order valence-electron chi connectivity index (χ3n) is 4.02. The highest BCUT2D eigenvalue weighted by Crippen LogP contribution is 2.19. The summed E-state index contributed by atoms with van der Waals surface area (Å²) in [4.78, 5) is 27.7. The number of pyridine rings is 1. The number of carboxylic acids is 1. The normalized spacial score (nSPS) is 17.0. The van der Waals surface area contributed by atoms with Gasteiger partial charge < -0.3 is 15.3 Å². The minimum absolute atomic E-state index is 0.0684. The van der Waals surface area contributed by atoms with Gasteiger partial charge in [0.15, 0.2) is 0 Å². The van der Waals surface area contributed by atoms with Gasteiger partial charge >= 0.3 is 5.97 Å². The zero-order chi connectivity index (χ0) is 16.0. The first kappa shape index (κ1) is 14.3. The monoisotopic (exact) mass is 300 g/mol. The molecule has 0 aliphatic heterocycles. The summed E-state index contributed by atoms with van der Waals surface area (Å²) in [6.45, 7) is 4.18. The van der Waals surface area contributed by atoms with Crippen LogP contribution >= 0.6 is 0 Å². The average molecular weight is 300 g/mol. The summed E-state index contributed by atoms with van der Waals surface area (Å²) >= 11 is 0. The van der Waals surface area contributed by atoms with E-state index < -0.39 is 5.97 Å². The Morgan fingerprint density at radius 3 is 2.86 bits per heavy atom. The summed E-state index contributed by atoms with van der Waals surface area (Å²) in [6.07, 6.45) is 4.58. The Morgan fingerprint density at radius 1 is 1.50 bits per heavy atom. The predicted octanol–water partition coefficient (Wildman–Crippen LogP) is 0.705. The Labute approximate surface area is 125 Å². The summed E-state index contributed by atoms with van der Waals surface area (Å²) < 4.78 is 5.64.